The second-order valence-corrected chi connectivity index (χ2v) is 5.90. The molecule has 0 spiro atoms. The van der Waals surface area contributed by atoms with E-state index >= 15 is 0 Å². The molecule has 7 heteroatoms. The van der Waals surface area contributed by atoms with E-state index in [0.29, 0.717) is 12.4 Å². The summed E-state index contributed by atoms with van der Waals surface area (Å²) in [7, 11) is 0. The Morgan fingerprint density at radius 1 is 1.47 bits per heavy atom. The third-order valence-electron chi connectivity index (χ3n) is 3.30. The van der Waals surface area contributed by atoms with Crippen molar-refractivity contribution < 1.29 is 4.92 Å². The van der Waals surface area contributed by atoms with Crippen molar-refractivity contribution in [3.63, 3.8) is 0 Å². The highest BCUT2D eigenvalue weighted by Gasteiger charge is 2.25. The Balaban J connectivity index is 2.85. The third-order valence-corrected chi connectivity index (χ3v) is 5.08. The van der Waals surface area contributed by atoms with Crippen LogP contribution in [0.5, 0.6) is 0 Å². The normalized spacial score (nSPS) is 11.4. The minimum Gasteiger partial charge on any atom is -0.368 e. The Kier molecular flexibility index (Phi) is 5.87. The van der Waals surface area contributed by atoms with Gasteiger partial charge in [0, 0.05) is 11.3 Å². The van der Waals surface area contributed by atoms with Gasteiger partial charge < -0.3 is 5.32 Å². The van der Waals surface area contributed by atoms with Gasteiger partial charge in [-0.25, -0.2) is 4.98 Å². The summed E-state index contributed by atoms with van der Waals surface area (Å²) in [5.74, 6) is 0.444. The van der Waals surface area contributed by atoms with Crippen LogP contribution < -0.4 is 5.32 Å². The molecule has 5 nitrogen and oxygen atoms in total. The van der Waals surface area contributed by atoms with Crippen molar-refractivity contribution in [2.75, 3.05) is 18.1 Å². The molecule has 0 aliphatic carbocycles. The van der Waals surface area contributed by atoms with E-state index in [4.69, 9.17) is 11.6 Å². The van der Waals surface area contributed by atoms with Gasteiger partial charge in [0.1, 0.15) is 11.0 Å². The molecule has 0 unspecified atom stereocenters. The van der Waals surface area contributed by atoms with Gasteiger partial charge in [0.2, 0.25) is 0 Å². The molecule has 0 amide bonds. The van der Waals surface area contributed by atoms with Crippen molar-refractivity contribution in [1.82, 2.24) is 4.98 Å². The molecule has 106 valence electrons. The van der Waals surface area contributed by atoms with Crippen LogP contribution in [0, 0.1) is 10.1 Å². The predicted molar refractivity (Wildman–Crippen MR) is 81.2 cm³/mol. The summed E-state index contributed by atoms with van der Waals surface area (Å²) in [6.45, 7) is 4.97. The Morgan fingerprint density at radius 2 is 2.11 bits per heavy atom. The zero-order chi connectivity index (χ0) is 14.5. The molecule has 0 aliphatic heterocycles. The van der Waals surface area contributed by atoms with Gasteiger partial charge in [-0.05, 0) is 19.1 Å². The molecule has 0 fully saturated rings. The van der Waals surface area contributed by atoms with Crippen molar-refractivity contribution >= 4 is 34.9 Å². The van der Waals surface area contributed by atoms with Crippen molar-refractivity contribution in [3.8, 4) is 0 Å². The van der Waals surface area contributed by atoms with Gasteiger partial charge in [-0.1, -0.05) is 25.4 Å². The lowest BCUT2D eigenvalue weighted by Crippen LogP contribution is -2.32. The number of thioether (sulfide) groups is 1. The first kappa shape index (κ1) is 16.0. The van der Waals surface area contributed by atoms with Crippen molar-refractivity contribution in [1.29, 1.82) is 0 Å². The Hall–Kier alpha value is -1.01. The molecular weight excluding hydrogens is 286 g/mol. The van der Waals surface area contributed by atoms with Crippen LogP contribution in [0.4, 0.5) is 11.5 Å². The van der Waals surface area contributed by atoms with Crippen LogP contribution in [0.2, 0.25) is 5.15 Å². The molecule has 1 heterocycles. The average Bonchev–Trinajstić information content (AvgIpc) is 2.40. The van der Waals surface area contributed by atoms with Gasteiger partial charge in [-0.15, -0.1) is 0 Å². The molecule has 1 rings (SSSR count). The number of nitrogens with one attached hydrogen (secondary N) is 1. The lowest BCUT2D eigenvalue weighted by atomic mass is 10.0. The van der Waals surface area contributed by atoms with E-state index < -0.39 is 4.92 Å². The zero-order valence-electron chi connectivity index (χ0n) is 11.3. The summed E-state index contributed by atoms with van der Waals surface area (Å²) in [6.07, 6.45) is 4.10. The fourth-order valence-corrected chi connectivity index (χ4v) is 2.79. The van der Waals surface area contributed by atoms with Crippen molar-refractivity contribution in [2.45, 2.75) is 31.4 Å². The smallest absolute Gasteiger partial charge is 0.276 e. The van der Waals surface area contributed by atoms with Gasteiger partial charge in [0.15, 0.2) is 0 Å². The standard InChI is InChI=1S/C12H18ClN3O2S/c1-4-12(5-2,19-3)8-14-11-7-9(16(17)18)6-10(13)15-11/h6-7H,4-5,8H2,1-3H3,(H,14,15). The van der Waals surface area contributed by atoms with Crippen molar-refractivity contribution in [2.24, 2.45) is 0 Å². The van der Waals surface area contributed by atoms with E-state index in [9.17, 15) is 10.1 Å². The third kappa shape index (κ3) is 4.24. The van der Waals surface area contributed by atoms with Crippen LogP contribution >= 0.6 is 23.4 Å². The number of aromatic nitrogens is 1. The van der Waals surface area contributed by atoms with E-state index in [1.165, 1.54) is 12.1 Å². The second kappa shape index (κ2) is 6.96. The molecule has 1 aromatic heterocycles. The quantitative estimate of drug-likeness (QED) is 0.469. The predicted octanol–water partition coefficient (Wildman–Crippen LogP) is 3.98. The molecule has 1 N–H and O–H groups in total. The van der Waals surface area contributed by atoms with Crippen LogP contribution in [-0.2, 0) is 0 Å². The maximum atomic E-state index is 10.8. The van der Waals surface area contributed by atoms with Gasteiger partial charge in [-0.2, -0.15) is 11.8 Å². The summed E-state index contributed by atoms with van der Waals surface area (Å²) in [5.41, 5.74) is -0.0507. The molecule has 0 aliphatic rings. The molecule has 0 atom stereocenters. The highest BCUT2D eigenvalue weighted by atomic mass is 35.5. The number of rotatable bonds is 7. The Bertz CT molecular complexity index is 444. The van der Waals surface area contributed by atoms with Crippen LogP contribution in [0.25, 0.3) is 0 Å². The monoisotopic (exact) mass is 303 g/mol. The van der Waals surface area contributed by atoms with E-state index in [0.717, 1.165) is 12.8 Å². The lowest BCUT2D eigenvalue weighted by Gasteiger charge is -2.30. The van der Waals surface area contributed by atoms with Gasteiger partial charge >= 0.3 is 0 Å². The first-order valence-corrected chi connectivity index (χ1v) is 7.67. The molecule has 1 aromatic rings. The zero-order valence-corrected chi connectivity index (χ0v) is 12.8. The molecule has 0 bridgehead atoms. The summed E-state index contributed by atoms with van der Waals surface area (Å²) >= 11 is 7.58. The number of anilines is 1. The highest BCUT2D eigenvalue weighted by molar-refractivity contribution is 8.00. The average molecular weight is 304 g/mol. The molecule has 0 saturated heterocycles. The number of hydrogen-bond donors (Lipinski definition) is 1. The largest absolute Gasteiger partial charge is 0.368 e. The van der Waals surface area contributed by atoms with E-state index in [-0.39, 0.29) is 15.6 Å². The SMILES string of the molecule is CCC(CC)(CNc1cc([N+](=O)[O-])cc(Cl)n1)SC. The maximum Gasteiger partial charge on any atom is 0.276 e. The van der Waals surface area contributed by atoms with Crippen LogP contribution in [0.15, 0.2) is 12.1 Å². The molecule has 0 saturated carbocycles. The summed E-state index contributed by atoms with van der Waals surface area (Å²) in [4.78, 5) is 14.4. The highest BCUT2D eigenvalue weighted by Crippen LogP contribution is 2.31. The first-order chi connectivity index (χ1) is 8.96. The summed E-state index contributed by atoms with van der Waals surface area (Å²) in [6, 6.07) is 2.65. The fraction of sp³-hybridized carbons (Fsp3) is 0.583. The Morgan fingerprint density at radius 3 is 2.58 bits per heavy atom. The van der Waals surface area contributed by atoms with Crippen LogP contribution in [0.1, 0.15) is 26.7 Å². The summed E-state index contributed by atoms with van der Waals surface area (Å²) < 4.78 is 0.110. The molecule has 0 aromatic carbocycles. The number of pyridine rings is 1. The number of halogens is 1. The number of nitrogens with zero attached hydrogens (tertiary/aromatic N) is 2. The van der Waals surface area contributed by atoms with Crippen LogP contribution in [-0.4, -0.2) is 27.5 Å². The maximum absolute atomic E-state index is 10.8. The van der Waals surface area contributed by atoms with Gasteiger partial charge in [-0.3, -0.25) is 10.1 Å². The summed E-state index contributed by atoms with van der Waals surface area (Å²) in [5, 5.41) is 14.0. The second-order valence-electron chi connectivity index (χ2n) is 4.24. The minimum absolute atomic E-state index is 0.0507. The van der Waals surface area contributed by atoms with E-state index in [1.54, 1.807) is 11.8 Å². The topological polar surface area (TPSA) is 68.1 Å². The first-order valence-electron chi connectivity index (χ1n) is 6.07. The van der Waals surface area contributed by atoms with Crippen LogP contribution in [0.3, 0.4) is 0 Å². The minimum atomic E-state index is -0.472. The molecule has 19 heavy (non-hydrogen) atoms. The van der Waals surface area contributed by atoms with Gasteiger partial charge in [0.05, 0.1) is 17.1 Å². The molecule has 0 radical (unpaired) electrons. The molecular formula is C12H18ClN3O2S. The van der Waals surface area contributed by atoms with Gasteiger partial charge in [0.25, 0.3) is 5.69 Å². The number of nitro groups is 1. The Labute approximate surface area is 122 Å². The fourth-order valence-electron chi connectivity index (χ4n) is 1.79. The van der Waals surface area contributed by atoms with Crippen molar-refractivity contribution in [3.05, 3.63) is 27.4 Å². The number of hydrogen-bond acceptors (Lipinski definition) is 5. The van der Waals surface area contributed by atoms with E-state index in [1.807, 2.05) is 0 Å². The van der Waals surface area contributed by atoms with E-state index in [2.05, 4.69) is 30.4 Å². The lowest BCUT2D eigenvalue weighted by molar-refractivity contribution is -0.384.